The molecule has 10 nitrogen and oxygen atoms in total. The molecule has 2 N–H and O–H groups in total. The third kappa shape index (κ3) is 7.62. The fraction of sp³-hybridized carbons (Fsp3) is 0.438. The second-order valence-electron chi connectivity index (χ2n) is 5.39. The van der Waals surface area contributed by atoms with E-state index in [1.807, 2.05) is 18.2 Å². The van der Waals surface area contributed by atoms with Crippen molar-refractivity contribution in [2.45, 2.75) is 6.92 Å². The molecule has 1 fully saturated rings. The van der Waals surface area contributed by atoms with Crippen LogP contribution in [0.4, 0.5) is 0 Å². The van der Waals surface area contributed by atoms with Crippen LogP contribution in [0.25, 0.3) is 0 Å². The largest absolute Gasteiger partial charge is 0.484 e. The predicted molar refractivity (Wildman–Crippen MR) is 94.8 cm³/mol. The minimum Gasteiger partial charge on any atom is -0.484 e. The number of para-hydroxylation sites is 1. The number of carbonyl (C=O) groups is 3. The molecule has 27 heavy (non-hydrogen) atoms. The van der Waals surface area contributed by atoms with E-state index in [0.29, 0.717) is 31.9 Å². The Morgan fingerprint density at radius 1 is 1.00 bits per heavy atom. The number of hydrogen-bond acceptors (Lipinski definition) is 6. The Labute approximate surface area is 157 Å². The first-order valence-electron chi connectivity index (χ1n) is 8.07. The van der Waals surface area contributed by atoms with E-state index in [2.05, 4.69) is 0 Å². The van der Waals surface area contributed by atoms with Crippen LogP contribution in [0, 0.1) is 0 Å². The molecule has 1 amide bonds. The van der Waals surface area contributed by atoms with Gasteiger partial charge in [-0.1, -0.05) is 18.2 Å². The summed E-state index contributed by atoms with van der Waals surface area (Å²) in [6.07, 6.45) is 0. The van der Waals surface area contributed by atoms with E-state index in [1.165, 1.54) is 4.31 Å². The molecule has 1 aromatic rings. The molecule has 1 heterocycles. The number of piperazine rings is 1. The summed E-state index contributed by atoms with van der Waals surface area (Å²) in [5.41, 5.74) is 0. The first-order chi connectivity index (χ1) is 12.7. The van der Waals surface area contributed by atoms with Crippen LogP contribution in [0.1, 0.15) is 6.92 Å². The molecule has 0 aromatic heterocycles. The van der Waals surface area contributed by atoms with Gasteiger partial charge in [-0.15, -0.1) is 0 Å². The average molecular weight is 402 g/mol. The number of ether oxygens (including phenoxy) is 1. The van der Waals surface area contributed by atoms with Crippen molar-refractivity contribution in [3.63, 3.8) is 0 Å². The normalized spacial score (nSPS) is 14.6. The van der Waals surface area contributed by atoms with Crippen LogP contribution >= 0.6 is 0 Å². The van der Waals surface area contributed by atoms with Crippen molar-refractivity contribution in [3.8, 4) is 5.75 Å². The van der Waals surface area contributed by atoms with Gasteiger partial charge in [0.2, 0.25) is 10.0 Å². The second-order valence-corrected chi connectivity index (χ2v) is 7.65. The summed E-state index contributed by atoms with van der Waals surface area (Å²) in [5, 5.41) is 14.8. The molecular weight excluding hydrogens is 380 g/mol. The van der Waals surface area contributed by atoms with E-state index >= 15 is 0 Å². The fourth-order valence-electron chi connectivity index (χ4n) is 2.15. The molecule has 1 aromatic carbocycles. The summed E-state index contributed by atoms with van der Waals surface area (Å²) in [7, 11) is -3.16. The molecule has 0 bridgehead atoms. The third-order valence-corrected chi connectivity index (χ3v) is 5.52. The highest BCUT2D eigenvalue weighted by molar-refractivity contribution is 7.89. The molecule has 1 saturated heterocycles. The lowest BCUT2D eigenvalue weighted by atomic mass is 10.3. The number of carboxylic acid groups (broad SMARTS) is 2. The van der Waals surface area contributed by atoms with Gasteiger partial charge in [-0.05, 0) is 19.1 Å². The maximum atomic E-state index is 12.0. The van der Waals surface area contributed by atoms with Gasteiger partial charge in [0.05, 0.1) is 5.75 Å². The van der Waals surface area contributed by atoms with Crippen molar-refractivity contribution < 1.29 is 37.8 Å². The zero-order valence-corrected chi connectivity index (χ0v) is 15.6. The first-order valence-corrected chi connectivity index (χ1v) is 9.68. The highest BCUT2D eigenvalue weighted by Gasteiger charge is 2.27. The third-order valence-electron chi connectivity index (χ3n) is 3.64. The summed E-state index contributed by atoms with van der Waals surface area (Å²) < 4.78 is 30.3. The molecule has 2 rings (SSSR count). The first kappa shape index (κ1) is 22.4. The standard InChI is InChI=1S/C14H20N2O4S.C2H2O4/c1-2-21(18,19)16-10-8-15(9-11-16)14(17)12-20-13-6-4-3-5-7-13;3-1(4)2(5)6/h3-7H,2,8-12H2,1H3;(H,3,4)(H,5,6). The second kappa shape index (κ2) is 10.5. The Bertz CT molecular complexity index is 731. The summed E-state index contributed by atoms with van der Waals surface area (Å²) in [5.74, 6) is -3.02. The van der Waals surface area contributed by atoms with Crippen molar-refractivity contribution in [1.29, 1.82) is 0 Å². The topological polar surface area (TPSA) is 142 Å². The van der Waals surface area contributed by atoms with Crippen LogP contribution < -0.4 is 4.74 Å². The van der Waals surface area contributed by atoms with E-state index in [-0.39, 0.29) is 18.3 Å². The highest BCUT2D eigenvalue weighted by atomic mass is 32.2. The molecule has 150 valence electrons. The Balaban J connectivity index is 0.000000527. The molecule has 11 heteroatoms. The summed E-state index contributed by atoms with van der Waals surface area (Å²) in [6.45, 7) is 3.14. The lowest BCUT2D eigenvalue weighted by Gasteiger charge is -2.33. The maximum Gasteiger partial charge on any atom is 0.414 e. The average Bonchev–Trinajstić information content (AvgIpc) is 2.67. The van der Waals surface area contributed by atoms with Crippen molar-refractivity contribution in [3.05, 3.63) is 30.3 Å². The maximum absolute atomic E-state index is 12.0. The number of carbonyl (C=O) groups excluding carboxylic acids is 1. The molecule has 1 aliphatic rings. The number of aliphatic carboxylic acids is 2. The highest BCUT2D eigenvalue weighted by Crippen LogP contribution is 2.10. The summed E-state index contributed by atoms with van der Waals surface area (Å²) in [6, 6.07) is 9.14. The van der Waals surface area contributed by atoms with Gasteiger partial charge in [-0.3, -0.25) is 4.79 Å². The summed E-state index contributed by atoms with van der Waals surface area (Å²) >= 11 is 0. The van der Waals surface area contributed by atoms with Gasteiger partial charge < -0.3 is 19.8 Å². The molecule has 0 saturated carbocycles. The van der Waals surface area contributed by atoms with Gasteiger partial charge >= 0.3 is 11.9 Å². The zero-order chi connectivity index (χ0) is 20.4. The zero-order valence-electron chi connectivity index (χ0n) is 14.8. The number of nitrogens with zero attached hydrogens (tertiary/aromatic N) is 2. The number of benzene rings is 1. The molecule has 1 aliphatic heterocycles. The molecule has 0 aliphatic carbocycles. The van der Waals surface area contributed by atoms with Crippen molar-refractivity contribution in [2.75, 3.05) is 38.5 Å². The Kier molecular flexibility index (Phi) is 8.69. The fourth-order valence-corrected chi connectivity index (χ4v) is 3.24. The van der Waals surface area contributed by atoms with Crippen LogP contribution in [0.2, 0.25) is 0 Å². The quantitative estimate of drug-likeness (QED) is 0.640. The van der Waals surface area contributed by atoms with E-state index < -0.39 is 22.0 Å². The van der Waals surface area contributed by atoms with Gasteiger partial charge in [0.1, 0.15) is 5.75 Å². The monoisotopic (exact) mass is 402 g/mol. The summed E-state index contributed by atoms with van der Waals surface area (Å²) in [4.78, 5) is 31.9. The molecule has 0 spiro atoms. The number of amides is 1. The SMILES string of the molecule is CCS(=O)(=O)N1CCN(C(=O)COc2ccccc2)CC1.O=C(O)C(=O)O. The van der Waals surface area contributed by atoms with E-state index in [0.717, 1.165) is 0 Å². The Hall–Kier alpha value is -2.66. The molecule has 0 radical (unpaired) electrons. The number of carboxylic acids is 2. The van der Waals surface area contributed by atoms with Crippen molar-refractivity contribution >= 4 is 27.9 Å². The lowest BCUT2D eigenvalue weighted by Crippen LogP contribution is -2.51. The van der Waals surface area contributed by atoms with Gasteiger partial charge in [0, 0.05) is 26.2 Å². The van der Waals surface area contributed by atoms with Crippen molar-refractivity contribution in [1.82, 2.24) is 9.21 Å². The molecular formula is C16H22N2O8S. The molecule has 0 unspecified atom stereocenters. The minimum absolute atomic E-state index is 0.0233. The van der Waals surface area contributed by atoms with Gasteiger partial charge in [0.15, 0.2) is 6.61 Å². The Morgan fingerprint density at radius 2 is 1.52 bits per heavy atom. The van der Waals surface area contributed by atoms with Crippen molar-refractivity contribution in [2.24, 2.45) is 0 Å². The van der Waals surface area contributed by atoms with E-state index in [9.17, 15) is 13.2 Å². The number of sulfonamides is 1. The van der Waals surface area contributed by atoms with E-state index in [1.54, 1.807) is 24.0 Å². The van der Waals surface area contributed by atoms with Crippen LogP contribution in [-0.2, 0) is 24.4 Å². The number of rotatable bonds is 5. The van der Waals surface area contributed by atoms with Crippen LogP contribution in [-0.4, -0.2) is 84.2 Å². The lowest BCUT2D eigenvalue weighted by molar-refractivity contribution is -0.159. The van der Waals surface area contributed by atoms with Gasteiger partial charge in [-0.25, -0.2) is 18.0 Å². The Morgan fingerprint density at radius 3 is 1.96 bits per heavy atom. The smallest absolute Gasteiger partial charge is 0.414 e. The molecule has 0 atom stereocenters. The van der Waals surface area contributed by atoms with Gasteiger partial charge in [0.25, 0.3) is 5.91 Å². The number of hydrogen-bond donors (Lipinski definition) is 2. The van der Waals surface area contributed by atoms with Crippen LogP contribution in [0.5, 0.6) is 5.75 Å². The van der Waals surface area contributed by atoms with Crippen LogP contribution in [0.15, 0.2) is 30.3 Å². The predicted octanol–water partition coefficient (Wildman–Crippen LogP) is -0.285. The van der Waals surface area contributed by atoms with Gasteiger partial charge in [-0.2, -0.15) is 4.31 Å². The minimum atomic E-state index is -3.16. The van der Waals surface area contributed by atoms with E-state index in [4.69, 9.17) is 24.5 Å². The van der Waals surface area contributed by atoms with Crippen LogP contribution in [0.3, 0.4) is 0 Å².